The van der Waals surface area contributed by atoms with Crippen LogP contribution in [0.1, 0.15) is 56.7 Å². The number of nitrogens with zero attached hydrogens (tertiary/aromatic N) is 5. The molecule has 3 saturated heterocycles. The van der Waals surface area contributed by atoms with Gasteiger partial charge in [0.25, 0.3) is 0 Å². The molecule has 230 valence electrons. The highest BCUT2D eigenvalue weighted by Crippen LogP contribution is 2.43. The van der Waals surface area contributed by atoms with Crippen LogP contribution in [0.2, 0.25) is 0 Å². The van der Waals surface area contributed by atoms with Gasteiger partial charge in [-0.15, -0.1) is 0 Å². The smallest absolute Gasteiger partial charge is 0.319 e. The fraction of sp³-hybridized carbons (Fsp3) is 0.500. The molecule has 3 fully saturated rings. The first-order valence-corrected chi connectivity index (χ1v) is 16.0. The molecule has 0 aliphatic carbocycles. The standard InChI is InChI=1S/C34H37F2N5O3/c1-2-23-25(35)8-6-20-16-22(42)17-24(27(20)23)30-29(36)31-28-26(37-30)9-7-21-18-43-15-5-14-41(21)32(28)39-33(38-31)44-19-34-10-3-12-40(34)13-4-11-34/h6,8,16-17,21,42H,2-5,7,9-15,18-19H2,1H3/t21-/m0/s1. The van der Waals surface area contributed by atoms with E-state index in [4.69, 9.17) is 24.4 Å². The molecule has 4 aliphatic heterocycles. The van der Waals surface area contributed by atoms with Crippen LogP contribution in [0.4, 0.5) is 14.6 Å². The molecular weight excluding hydrogens is 564 g/mol. The maximum absolute atomic E-state index is 17.0. The number of aromatic nitrogens is 3. The van der Waals surface area contributed by atoms with Crippen molar-refractivity contribution in [2.24, 2.45) is 0 Å². The van der Waals surface area contributed by atoms with E-state index in [9.17, 15) is 5.11 Å². The Balaban J connectivity index is 1.34. The fourth-order valence-electron chi connectivity index (χ4n) is 8.18. The molecule has 44 heavy (non-hydrogen) atoms. The summed E-state index contributed by atoms with van der Waals surface area (Å²) in [7, 11) is 0. The molecule has 8 rings (SSSR count). The number of pyridine rings is 1. The number of phenols is 1. The average molecular weight is 602 g/mol. The van der Waals surface area contributed by atoms with Gasteiger partial charge in [0.1, 0.15) is 35.2 Å². The summed E-state index contributed by atoms with van der Waals surface area (Å²) in [6, 6.07) is 6.29. The van der Waals surface area contributed by atoms with Crippen molar-refractivity contribution in [2.45, 2.75) is 69.9 Å². The minimum Gasteiger partial charge on any atom is -0.508 e. The second-order valence-corrected chi connectivity index (χ2v) is 12.8. The van der Waals surface area contributed by atoms with E-state index in [1.165, 1.54) is 12.1 Å². The lowest BCUT2D eigenvalue weighted by Crippen LogP contribution is -2.43. The van der Waals surface area contributed by atoms with Crippen molar-refractivity contribution >= 4 is 27.5 Å². The highest BCUT2D eigenvalue weighted by atomic mass is 19.1. The van der Waals surface area contributed by atoms with Crippen molar-refractivity contribution in [1.29, 1.82) is 0 Å². The van der Waals surface area contributed by atoms with Gasteiger partial charge in [0.2, 0.25) is 0 Å². The lowest BCUT2D eigenvalue weighted by atomic mass is 9.94. The molecule has 6 heterocycles. The molecule has 4 aromatic rings. The number of ether oxygens (including phenoxy) is 2. The Hall–Kier alpha value is -3.63. The summed E-state index contributed by atoms with van der Waals surface area (Å²) >= 11 is 0. The number of hydrogen-bond donors (Lipinski definition) is 1. The maximum Gasteiger partial charge on any atom is 0.319 e. The Morgan fingerprint density at radius 2 is 1.89 bits per heavy atom. The molecule has 0 unspecified atom stereocenters. The number of aromatic hydroxyl groups is 1. The molecule has 8 nitrogen and oxygen atoms in total. The normalized spacial score (nSPS) is 21.3. The Morgan fingerprint density at radius 3 is 2.70 bits per heavy atom. The highest BCUT2D eigenvalue weighted by Gasteiger charge is 2.45. The summed E-state index contributed by atoms with van der Waals surface area (Å²) < 4.78 is 44.4. The van der Waals surface area contributed by atoms with E-state index >= 15 is 8.78 Å². The molecule has 0 radical (unpaired) electrons. The first kappa shape index (κ1) is 27.9. The van der Waals surface area contributed by atoms with E-state index in [1.54, 1.807) is 12.1 Å². The van der Waals surface area contributed by atoms with Gasteiger partial charge in [-0.3, -0.25) is 4.90 Å². The molecule has 0 amide bonds. The van der Waals surface area contributed by atoms with Gasteiger partial charge in [-0.2, -0.15) is 9.97 Å². The van der Waals surface area contributed by atoms with Crippen molar-refractivity contribution in [3.8, 4) is 23.0 Å². The minimum absolute atomic E-state index is 0.0143. The van der Waals surface area contributed by atoms with Crippen molar-refractivity contribution in [2.75, 3.05) is 44.4 Å². The van der Waals surface area contributed by atoms with Crippen LogP contribution in [0.3, 0.4) is 0 Å². The maximum atomic E-state index is 17.0. The van der Waals surface area contributed by atoms with Crippen molar-refractivity contribution < 1.29 is 23.4 Å². The molecule has 4 aliphatic rings. The second kappa shape index (κ2) is 10.8. The predicted molar refractivity (Wildman–Crippen MR) is 164 cm³/mol. The molecule has 10 heteroatoms. The first-order chi connectivity index (χ1) is 21.5. The molecule has 0 bridgehead atoms. The highest BCUT2D eigenvalue weighted by molar-refractivity contribution is 6.02. The third kappa shape index (κ3) is 4.40. The van der Waals surface area contributed by atoms with E-state index in [2.05, 4.69) is 9.80 Å². The molecule has 0 spiro atoms. The molecule has 1 atom stereocenters. The van der Waals surface area contributed by atoms with Gasteiger partial charge in [0.05, 0.1) is 29.3 Å². The van der Waals surface area contributed by atoms with Crippen LogP contribution in [0, 0.1) is 11.6 Å². The van der Waals surface area contributed by atoms with Crippen LogP contribution < -0.4 is 9.64 Å². The SMILES string of the molecule is CCc1c(F)ccc2cc(O)cc(-c3nc4c5c(nc(OCC67CCCN6CCC7)nc5c3F)N3CCCOC[C@@H]3CC4)c12. The van der Waals surface area contributed by atoms with Crippen LogP contribution in [-0.2, 0) is 17.6 Å². The Kier molecular flexibility index (Phi) is 6.82. The molecule has 1 N–H and O–H groups in total. The van der Waals surface area contributed by atoms with Gasteiger partial charge in [-0.25, -0.2) is 13.8 Å². The average Bonchev–Trinajstić information content (AvgIpc) is 3.46. The van der Waals surface area contributed by atoms with E-state index in [1.807, 2.05) is 6.92 Å². The van der Waals surface area contributed by atoms with E-state index < -0.39 is 5.82 Å². The fourth-order valence-corrected chi connectivity index (χ4v) is 8.18. The van der Waals surface area contributed by atoms with Gasteiger partial charge in [-0.05, 0) is 99.0 Å². The van der Waals surface area contributed by atoms with Crippen molar-refractivity contribution in [3.63, 3.8) is 0 Å². The lowest BCUT2D eigenvalue weighted by molar-refractivity contribution is 0.108. The van der Waals surface area contributed by atoms with E-state index in [0.717, 1.165) is 58.2 Å². The Labute approximate surface area is 255 Å². The van der Waals surface area contributed by atoms with E-state index in [0.29, 0.717) is 71.5 Å². The first-order valence-electron chi connectivity index (χ1n) is 16.0. The Morgan fingerprint density at radius 1 is 1.05 bits per heavy atom. The number of aryl methyl sites for hydroxylation is 2. The summed E-state index contributed by atoms with van der Waals surface area (Å²) in [6.07, 6.45) is 7.02. The van der Waals surface area contributed by atoms with Gasteiger partial charge >= 0.3 is 6.01 Å². The summed E-state index contributed by atoms with van der Waals surface area (Å²) in [5.41, 5.74) is 1.68. The van der Waals surface area contributed by atoms with Crippen molar-refractivity contribution in [1.82, 2.24) is 19.9 Å². The summed E-state index contributed by atoms with van der Waals surface area (Å²) in [4.78, 5) is 19.4. The van der Waals surface area contributed by atoms with Crippen molar-refractivity contribution in [3.05, 3.63) is 47.2 Å². The Bertz CT molecular complexity index is 1770. The largest absolute Gasteiger partial charge is 0.508 e. The number of anilines is 1. The zero-order valence-corrected chi connectivity index (χ0v) is 25.0. The number of benzene rings is 2. The molecule has 2 aromatic carbocycles. The topological polar surface area (TPSA) is 83.8 Å². The molecular formula is C34H37F2N5O3. The zero-order chi connectivity index (χ0) is 30.0. The summed E-state index contributed by atoms with van der Waals surface area (Å²) in [5.74, 6) is -0.393. The number of rotatable bonds is 5. The van der Waals surface area contributed by atoms with Crippen LogP contribution in [0.15, 0.2) is 24.3 Å². The number of hydrogen-bond acceptors (Lipinski definition) is 8. The third-order valence-electron chi connectivity index (χ3n) is 10.3. The van der Waals surface area contributed by atoms with Crippen LogP contribution in [-0.4, -0.2) is 76.0 Å². The third-order valence-corrected chi connectivity index (χ3v) is 10.3. The van der Waals surface area contributed by atoms with Gasteiger partial charge in [-0.1, -0.05) is 13.0 Å². The minimum atomic E-state index is -0.624. The number of halogens is 2. The predicted octanol–water partition coefficient (Wildman–Crippen LogP) is 5.94. The van der Waals surface area contributed by atoms with Crippen LogP contribution in [0.25, 0.3) is 32.9 Å². The lowest BCUT2D eigenvalue weighted by Gasteiger charge is -2.32. The number of phenolic OH excluding ortho intramolecular Hbond substituents is 1. The summed E-state index contributed by atoms with van der Waals surface area (Å²) in [5, 5.41) is 12.4. The zero-order valence-electron chi connectivity index (χ0n) is 25.0. The second-order valence-electron chi connectivity index (χ2n) is 12.8. The monoisotopic (exact) mass is 601 g/mol. The summed E-state index contributed by atoms with van der Waals surface area (Å²) in [6.45, 7) is 6.44. The van der Waals surface area contributed by atoms with Gasteiger partial charge in [0.15, 0.2) is 5.82 Å². The quantitative estimate of drug-likeness (QED) is 0.301. The van der Waals surface area contributed by atoms with E-state index in [-0.39, 0.29) is 40.4 Å². The molecule has 2 aromatic heterocycles. The van der Waals surface area contributed by atoms with Crippen LogP contribution >= 0.6 is 0 Å². The van der Waals surface area contributed by atoms with Crippen LogP contribution in [0.5, 0.6) is 11.8 Å². The van der Waals surface area contributed by atoms with Gasteiger partial charge < -0.3 is 19.5 Å². The number of fused-ring (bicyclic) bond motifs is 4. The molecule has 0 saturated carbocycles. The van der Waals surface area contributed by atoms with Gasteiger partial charge in [0, 0.05) is 18.7 Å².